The third kappa shape index (κ3) is 5.82. The number of nitrogens with zero attached hydrogens (tertiary/aromatic N) is 4. The molecule has 0 saturated carbocycles. The molecular weight excluding hydrogens is 382 g/mol. The predicted octanol–water partition coefficient (Wildman–Crippen LogP) is 2.35. The Labute approximate surface area is 168 Å². The van der Waals surface area contributed by atoms with E-state index >= 15 is 0 Å². The van der Waals surface area contributed by atoms with E-state index in [-0.39, 0.29) is 5.91 Å². The minimum absolute atomic E-state index is 0.160. The number of carbonyl (C=O) groups excluding carboxylic acids is 1. The number of piperazine rings is 1. The SMILES string of the molecule is COCCNc1nnc(SCC(=O)N2CCN(c3cccc(C)c3)CC2)s1. The van der Waals surface area contributed by atoms with Crippen LogP contribution in [0.3, 0.4) is 0 Å². The van der Waals surface area contributed by atoms with Crippen molar-refractivity contribution in [1.82, 2.24) is 15.1 Å². The van der Waals surface area contributed by atoms with Gasteiger partial charge in [0.2, 0.25) is 11.0 Å². The second-order valence-corrected chi connectivity index (χ2v) is 8.49. The number of methoxy groups -OCH3 is 1. The topological polar surface area (TPSA) is 70.6 Å². The third-order valence-electron chi connectivity index (χ3n) is 4.31. The standard InChI is InChI=1S/C18H25N5O2S2/c1-14-4-3-5-15(12-14)22-7-9-23(10-8-22)16(24)13-26-18-21-20-17(27-18)19-6-11-25-2/h3-5,12H,6-11,13H2,1-2H3,(H,19,20). The normalized spacial score (nSPS) is 14.4. The van der Waals surface area contributed by atoms with Gasteiger partial charge in [0.05, 0.1) is 12.4 Å². The van der Waals surface area contributed by atoms with Gasteiger partial charge in [0.15, 0.2) is 4.34 Å². The van der Waals surface area contributed by atoms with E-state index in [9.17, 15) is 4.79 Å². The van der Waals surface area contributed by atoms with Crippen LogP contribution in [0.5, 0.6) is 0 Å². The summed E-state index contributed by atoms with van der Waals surface area (Å²) in [7, 11) is 1.66. The zero-order valence-corrected chi connectivity index (χ0v) is 17.3. The van der Waals surface area contributed by atoms with E-state index in [2.05, 4.69) is 51.6 Å². The average molecular weight is 408 g/mol. The maximum atomic E-state index is 12.5. The van der Waals surface area contributed by atoms with E-state index in [1.807, 2.05) is 4.90 Å². The quantitative estimate of drug-likeness (QED) is 0.532. The summed E-state index contributed by atoms with van der Waals surface area (Å²) in [5, 5.41) is 12.1. The van der Waals surface area contributed by atoms with Crippen LogP contribution in [0.15, 0.2) is 28.6 Å². The Morgan fingerprint density at radius 1 is 1.30 bits per heavy atom. The van der Waals surface area contributed by atoms with Crippen LogP contribution in [0.25, 0.3) is 0 Å². The number of aryl methyl sites for hydroxylation is 1. The van der Waals surface area contributed by atoms with Crippen molar-refractivity contribution in [2.45, 2.75) is 11.3 Å². The van der Waals surface area contributed by atoms with E-state index in [1.54, 1.807) is 7.11 Å². The van der Waals surface area contributed by atoms with Crippen LogP contribution in [-0.2, 0) is 9.53 Å². The molecule has 0 bridgehead atoms. The van der Waals surface area contributed by atoms with Gasteiger partial charge in [-0.25, -0.2) is 0 Å². The van der Waals surface area contributed by atoms with Crippen molar-refractivity contribution in [1.29, 1.82) is 0 Å². The molecule has 0 aliphatic carbocycles. The highest BCUT2D eigenvalue weighted by molar-refractivity contribution is 8.01. The lowest BCUT2D eigenvalue weighted by Gasteiger charge is -2.36. The maximum Gasteiger partial charge on any atom is 0.233 e. The number of carbonyl (C=O) groups is 1. The Morgan fingerprint density at radius 2 is 2.11 bits per heavy atom. The maximum absolute atomic E-state index is 12.5. The lowest BCUT2D eigenvalue weighted by Crippen LogP contribution is -2.49. The monoisotopic (exact) mass is 407 g/mol. The van der Waals surface area contributed by atoms with Gasteiger partial charge in [0, 0.05) is 45.5 Å². The van der Waals surface area contributed by atoms with Gasteiger partial charge in [-0.3, -0.25) is 4.79 Å². The van der Waals surface area contributed by atoms with Crippen molar-refractivity contribution in [3.05, 3.63) is 29.8 Å². The lowest BCUT2D eigenvalue weighted by molar-refractivity contribution is -0.128. The van der Waals surface area contributed by atoms with Crippen LogP contribution in [0.4, 0.5) is 10.8 Å². The minimum Gasteiger partial charge on any atom is -0.383 e. The number of amides is 1. The van der Waals surface area contributed by atoms with E-state index in [1.165, 1.54) is 34.3 Å². The molecule has 27 heavy (non-hydrogen) atoms. The van der Waals surface area contributed by atoms with E-state index in [0.717, 1.165) is 35.7 Å². The summed E-state index contributed by atoms with van der Waals surface area (Å²) in [5.74, 6) is 0.560. The number of nitrogens with one attached hydrogen (secondary N) is 1. The van der Waals surface area contributed by atoms with E-state index in [4.69, 9.17) is 4.74 Å². The molecule has 1 aliphatic heterocycles. The summed E-state index contributed by atoms with van der Waals surface area (Å²) >= 11 is 2.92. The number of anilines is 2. The first-order valence-electron chi connectivity index (χ1n) is 8.94. The zero-order chi connectivity index (χ0) is 19.1. The molecule has 2 aromatic rings. The first kappa shape index (κ1) is 19.9. The second-order valence-electron chi connectivity index (χ2n) is 6.29. The molecule has 1 aliphatic rings. The average Bonchev–Trinajstić information content (AvgIpc) is 3.14. The highest BCUT2D eigenvalue weighted by Gasteiger charge is 2.21. The summed E-state index contributed by atoms with van der Waals surface area (Å²) in [6, 6.07) is 8.51. The van der Waals surface area contributed by atoms with Crippen LogP contribution in [-0.4, -0.2) is 73.2 Å². The van der Waals surface area contributed by atoms with Crippen molar-refractivity contribution in [2.24, 2.45) is 0 Å². The molecule has 146 valence electrons. The molecule has 1 saturated heterocycles. The molecule has 3 rings (SSSR count). The fraction of sp³-hybridized carbons (Fsp3) is 0.500. The number of thioether (sulfide) groups is 1. The highest BCUT2D eigenvalue weighted by Crippen LogP contribution is 2.26. The molecule has 1 amide bonds. The predicted molar refractivity (Wildman–Crippen MR) is 111 cm³/mol. The summed E-state index contributed by atoms with van der Waals surface area (Å²) in [6.45, 7) is 6.67. The van der Waals surface area contributed by atoms with Crippen LogP contribution >= 0.6 is 23.1 Å². The van der Waals surface area contributed by atoms with Gasteiger partial charge >= 0.3 is 0 Å². The first-order chi connectivity index (χ1) is 13.2. The number of hydrogen-bond acceptors (Lipinski definition) is 8. The van der Waals surface area contributed by atoms with E-state index < -0.39 is 0 Å². The van der Waals surface area contributed by atoms with Gasteiger partial charge in [-0.1, -0.05) is 35.2 Å². The van der Waals surface area contributed by atoms with Gasteiger partial charge in [-0.2, -0.15) is 0 Å². The largest absolute Gasteiger partial charge is 0.383 e. The van der Waals surface area contributed by atoms with Crippen molar-refractivity contribution < 1.29 is 9.53 Å². The summed E-state index contributed by atoms with van der Waals surface area (Å²) < 4.78 is 5.80. The molecule has 9 heteroatoms. The molecule has 2 heterocycles. The molecule has 1 aromatic carbocycles. The summed E-state index contributed by atoms with van der Waals surface area (Å²) in [5.41, 5.74) is 2.49. The molecule has 1 fully saturated rings. The Bertz CT molecular complexity index is 747. The number of aromatic nitrogens is 2. The van der Waals surface area contributed by atoms with Crippen LogP contribution in [0.1, 0.15) is 5.56 Å². The third-order valence-corrected chi connectivity index (χ3v) is 6.31. The molecule has 1 aromatic heterocycles. The number of benzene rings is 1. The van der Waals surface area contributed by atoms with Crippen molar-refractivity contribution in [3.8, 4) is 0 Å². The van der Waals surface area contributed by atoms with Gasteiger partial charge in [-0.05, 0) is 24.6 Å². The smallest absolute Gasteiger partial charge is 0.233 e. The van der Waals surface area contributed by atoms with Crippen molar-refractivity contribution in [2.75, 3.05) is 62.4 Å². The molecule has 0 atom stereocenters. The fourth-order valence-electron chi connectivity index (χ4n) is 2.85. The Balaban J connectivity index is 1.42. The van der Waals surface area contributed by atoms with Gasteiger partial charge in [0.1, 0.15) is 0 Å². The van der Waals surface area contributed by atoms with Crippen LogP contribution in [0, 0.1) is 6.92 Å². The molecule has 0 radical (unpaired) electrons. The second kappa shape index (κ2) is 9.91. The summed E-state index contributed by atoms with van der Waals surface area (Å²) in [4.78, 5) is 16.8. The Kier molecular flexibility index (Phi) is 7.31. The van der Waals surface area contributed by atoms with Crippen molar-refractivity contribution >= 4 is 39.8 Å². The molecule has 7 nitrogen and oxygen atoms in total. The first-order valence-corrected chi connectivity index (χ1v) is 10.7. The van der Waals surface area contributed by atoms with Crippen molar-refractivity contribution in [3.63, 3.8) is 0 Å². The fourth-order valence-corrected chi connectivity index (χ4v) is 4.53. The number of ether oxygens (including phenoxy) is 1. The molecular formula is C18H25N5O2S2. The lowest BCUT2D eigenvalue weighted by atomic mass is 10.2. The zero-order valence-electron chi connectivity index (χ0n) is 15.7. The summed E-state index contributed by atoms with van der Waals surface area (Å²) in [6.07, 6.45) is 0. The van der Waals surface area contributed by atoms with Crippen LogP contribution < -0.4 is 10.2 Å². The van der Waals surface area contributed by atoms with Gasteiger partial charge < -0.3 is 19.9 Å². The number of hydrogen-bond donors (Lipinski definition) is 1. The number of rotatable bonds is 8. The Hall–Kier alpha value is -1.84. The van der Waals surface area contributed by atoms with Gasteiger partial charge in [-0.15, -0.1) is 10.2 Å². The molecule has 0 unspecified atom stereocenters. The minimum atomic E-state index is 0.160. The Morgan fingerprint density at radius 3 is 2.85 bits per heavy atom. The van der Waals surface area contributed by atoms with Gasteiger partial charge in [0.25, 0.3) is 0 Å². The molecule has 1 N–H and O–H groups in total. The van der Waals surface area contributed by atoms with Crippen LogP contribution in [0.2, 0.25) is 0 Å². The molecule has 0 spiro atoms. The van der Waals surface area contributed by atoms with E-state index in [0.29, 0.717) is 18.9 Å². The highest BCUT2D eigenvalue weighted by atomic mass is 32.2.